The number of fused-ring (bicyclic) bond motifs is 6. The minimum absolute atomic E-state index is 0.184. The van der Waals surface area contributed by atoms with Crippen molar-refractivity contribution in [3.05, 3.63) is 132 Å². The second-order valence-corrected chi connectivity index (χ2v) is 15.7. The summed E-state index contributed by atoms with van der Waals surface area (Å²) in [4.78, 5) is 24.6. The van der Waals surface area contributed by atoms with E-state index < -0.39 is 11.9 Å². The van der Waals surface area contributed by atoms with Crippen molar-refractivity contribution < 1.29 is 24.4 Å². The van der Waals surface area contributed by atoms with E-state index in [1.54, 1.807) is 0 Å². The largest absolute Gasteiger partial charge is 0.481 e. The van der Waals surface area contributed by atoms with Gasteiger partial charge in [-0.3, -0.25) is 9.59 Å². The Morgan fingerprint density at radius 3 is 2.02 bits per heavy atom. The fraction of sp³-hybridized carbons (Fsp3) is 0.333. The maximum absolute atomic E-state index is 11.1. The Bertz CT molecular complexity index is 2310. The first kappa shape index (κ1) is 39.0. The number of aliphatic carboxylic acids is 2. The summed E-state index contributed by atoms with van der Waals surface area (Å²) < 4.78 is 2.37. The standard InChI is InChI=1S/C48H51N3O4/c1-47(2)41(50(31-13-5-7-25-43(52)53)39-29-27-35-19-9-11-21-37(35)45(39)47)23-15-17-34(33-49)18-16-24-42-48(3,4)46-38-22-12-10-20-36(38)28-30-40(46)51(42)32-14-6-8-26-44(54)55/h9-12,15-24,27-30H,5-8,13-14,25-26,31-32H2,1-4H3,(H-,52,53,54,55)/p+1. The molecule has 282 valence electrons. The van der Waals surface area contributed by atoms with Crippen molar-refractivity contribution in [2.45, 2.75) is 89.9 Å². The predicted octanol–water partition coefficient (Wildman–Crippen LogP) is 10.9. The van der Waals surface area contributed by atoms with Crippen molar-refractivity contribution in [2.75, 3.05) is 18.0 Å². The van der Waals surface area contributed by atoms with Crippen LogP contribution in [0, 0.1) is 11.3 Å². The van der Waals surface area contributed by atoms with Gasteiger partial charge in [-0.05, 0) is 97.0 Å². The van der Waals surface area contributed by atoms with Crippen LogP contribution in [0.1, 0.15) is 90.2 Å². The SMILES string of the molecule is CC1(C)C(/C=C/C=C(C#N)/C=C/C=C2/N(CCCCCC(=O)O)c3ccc4ccccc4c3C2(C)C)=[N+](CCCCCC(=O)O)c2ccc3ccccc3c21. The molecule has 0 atom stereocenters. The number of hydrogen-bond acceptors (Lipinski definition) is 4. The molecule has 0 aromatic heterocycles. The van der Waals surface area contributed by atoms with Crippen LogP contribution in [0.2, 0.25) is 0 Å². The van der Waals surface area contributed by atoms with Gasteiger partial charge < -0.3 is 15.1 Å². The quantitative estimate of drug-likeness (QED) is 0.0514. The number of carboxylic acid groups (broad SMARTS) is 2. The van der Waals surface area contributed by atoms with Crippen LogP contribution < -0.4 is 4.90 Å². The number of nitriles is 1. The van der Waals surface area contributed by atoms with E-state index in [9.17, 15) is 14.9 Å². The molecule has 2 heterocycles. The Labute approximate surface area is 324 Å². The summed E-state index contributed by atoms with van der Waals surface area (Å²) in [5.41, 5.74) is 7.16. The van der Waals surface area contributed by atoms with Crippen LogP contribution in [-0.4, -0.2) is 45.5 Å². The molecule has 0 saturated heterocycles. The molecule has 0 radical (unpaired) electrons. The smallest absolute Gasteiger partial charge is 0.303 e. The van der Waals surface area contributed by atoms with Crippen molar-refractivity contribution >= 4 is 50.6 Å². The van der Waals surface area contributed by atoms with E-state index in [0.717, 1.165) is 50.2 Å². The van der Waals surface area contributed by atoms with E-state index in [4.69, 9.17) is 10.2 Å². The van der Waals surface area contributed by atoms with Crippen molar-refractivity contribution in [3.8, 4) is 6.07 Å². The fourth-order valence-corrected chi connectivity index (χ4v) is 8.61. The van der Waals surface area contributed by atoms with Crippen LogP contribution in [0.25, 0.3) is 21.5 Å². The highest BCUT2D eigenvalue weighted by Crippen LogP contribution is 2.51. The number of benzene rings is 4. The van der Waals surface area contributed by atoms with Gasteiger partial charge in [0.25, 0.3) is 0 Å². The summed E-state index contributed by atoms with van der Waals surface area (Å²) in [6, 6.07) is 28.1. The van der Waals surface area contributed by atoms with Gasteiger partial charge in [0.15, 0.2) is 5.71 Å². The molecule has 7 heteroatoms. The molecule has 0 spiro atoms. The molecule has 2 aliphatic rings. The summed E-state index contributed by atoms with van der Waals surface area (Å²) >= 11 is 0. The Morgan fingerprint density at radius 2 is 1.36 bits per heavy atom. The van der Waals surface area contributed by atoms with Gasteiger partial charge in [0, 0.05) is 60.3 Å². The number of allylic oxidation sites excluding steroid dienone is 8. The first-order valence-corrected chi connectivity index (χ1v) is 19.5. The van der Waals surface area contributed by atoms with Gasteiger partial charge in [0.1, 0.15) is 6.54 Å². The number of anilines is 1. The van der Waals surface area contributed by atoms with Gasteiger partial charge in [-0.1, -0.05) is 87.0 Å². The van der Waals surface area contributed by atoms with Crippen molar-refractivity contribution in [1.82, 2.24) is 0 Å². The van der Waals surface area contributed by atoms with Crippen LogP contribution in [0.5, 0.6) is 0 Å². The second-order valence-electron chi connectivity index (χ2n) is 15.7. The highest BCUT2D eigenvalue weighted by molar-refractivity contribution is 6.07. The minimum atomic E-state index is -0.757. The van der Waals surface area contributed by atoms with Crippen molar-refractivity contribution in [1.29, 1.82) is 5.26 Å². The van der Waals surface area contributed by atoms with Gasteiger partial charge in [-0.25, -0.2) is 0 Å². The second kappa shape index (κ2) is 16.7. The third-order valence-corrected chi connectivity index (χ3v) is 11.2. The van der Waals surface area contributed by atoms with Gasteiger partial charge in [-0.15, -0.1) is 0 Å². The van der Waals surface area contributed by atoms with E-state index in [-0.39, 0.29) is 23.7 Å². The number of nitrogens with zero attached hydrogens (tertiary/aromatic N) is 3. The zero-order chi connectivity index (χ0) is 39.2. The molecule has 0 saturated carbocycles. The van der Waals surface area contributed by atoms with E-state index in [1.165, 1.54) is 44.0 Å². The monoisotopic (exact) mass is 734 g/mol. The first-order valence-electron chi connectivity index (χ1n) is 19.5. The third-order valence-electron chi connectivity index (χ3n) is 11.2. The summed E-state index contributed by atoms with van der Waals surface area (Å²) in [5, 5.41) is 33.3. The van der Waals surface area contributed by atoms with Crippen LogP contribution in [-0.2, 0) is 20.4 Å². The molecule has 4 aromatic rings. The topological polar surface area (TPSA) is 105 Å². The van der Waals surface area contributed by atoms with Crippen molar-refractivity contribution in [3.63, 3.8) is 0 Å². The Hall–Kier alpha value is -5.74. The minimum Gasteiger partial charge on any atom is -0.481 e. The molecule has 0 amide bonds. The van der Waals surface area contributed by atoms with Crippen molar-refractivity contribution in [2.24, 2.45) is 0 Å². The number of rotatable bonds is 16. The van der Waals surface area contributed by atoms with E-state index >= 15 is 0 Å². The van der Waals surface area contributed by atoms with Gasteiger partial charge >= 0.3 is 11.9 Å². The van der Waals surface area contributed by atoms with E-state index in [1.807, 2.05) is 24.3 Å². The van der Waals surface area contributed by atoms with Crippen LogP contribution >= 0.6 is 0 Å². The zero-order valence-electron chi connectivity index (χ0n) is 32.5. The van der Waals surface area contributed by atoms with E-state index in [2.05, 4.69) is 128 Å². The molecule has 7 nitrogen and oxygen atoms in total. The molecular weight excluding hydrogens is 683 g/mol. The number of hydrogen-bond donors (Lipinski definition) is 2. The maximum Gasteiger partial charge on any atom is 0.303 e. The first-order chi connectivity index (χ1) is 26.4. The van der Waals surface area contributed by atoms with Crippen LogP contribution in [0.3, 0.4) is 0 Å². The normalized spacial score (nSPS) is 16.8. The lowest BCUT2D eigenvalue weighted by Gasteiger charge is -2.27. The summed E-state index contributed by atoms with van der Waals surface area (Å²) in [6.45, 7) is 10.6. The maximum atomic E-state index is 11.1. The lowest BCUT2D eigenvalue weighted by molar-refractivity contribution is -0.438. The summed E-state index contributed by atoms with van der Waals surface area (Å²) in [6.07, 6.45) is 17.0. The molecule has 0 aliphatic carbocycles. The predicted molar refractivity (Wildman–Crippen MR) is 223 cm³/mol. The molecule has 2 aliphatic heterocycles. The highest BCUT2D eigenvalue weighted by Gasteiger charge is 2.45. The van der Waals surface area contributed by atoms with E-state index in [0.29, 0.717) is 18.4 Å². The Kier molecular flexibility index (Phi) is 11.9. The number of carbonyl (C=O) groups is 2. The number of unbranched alkanes of at least 4 members (excludes halogenated alkanes) is 4. The molecule has 6 rings (SSSR count). The molecule has 55 heavy (non-hydrogen) atoms. The Morgan fingerprint density at radius 1 is 0.745 bits per heavy atom. The lowest BCUT2D eigenvalue weighted by Crippen LogP contribution is -2.28. The lowest BCUT2D eigenvalue weighted by atomic mass is 9.79. The molecule has 2 N–H and O–H groups in total. The fourth-order valence-electron chi connectivity index (χ4n) is 8.61. The van der Waals surface area contributed by atoms with Crippen LogP contribution in [0.15, 0.2) is 121 Å². The number of carboxylic acids is 2. The van der Waals surface area contributed by atoms with Crippen LogP contribution in [0.4, 0.5) is 11.4 Å². The molecule has 0 bridgehead atoms. The van der Waals surface area contributed by atoms with Gasteiger partial charge in [0.2, 0.25) is 5.69 Å². The summed E-state index contributed by atoms with van der Waals surface area (Å²) in [7, 11) is 0. The van der Waals surface area contributed by atoms with Gasteiger partial charge in [-0.2, -0.15) is 9.84 Å². The Balaban J connectivity index is 1.28. The average Bonchev–Trinajstić information content (AvgIpc) is 3.51. The molecule has 0 unspecified atom stereocenters. The third kappa shape index (κ3) is 8.19. The summed E-state index contributed by atoms with van der Waals surface area (Å²) in [5.74, 6) is -1.51. The molecule has 4 aromatic carbocycles. The molecular formula is C48H52N3O4+. The highest BCUT2D eigenvalue weighted by atomic mass is 16.4. The average molecular weight is 735 g/mol. The molecule has 0 fully saturated rings. The zero-order valence-corrected chi connectivity index (χ0v) is 32.5. The van der Waals surface area contributed by atoms with Gasteiger partial charge in [0.05, 0.1) is 17.1 Å².